The van der Waals surface area contributed by atoms with Gasteiger partial charge in [-0.1, -0.05) is 92.9 Å². The lowest BCUT2D eigenvalue weighted by Crippen LogP contribution is -1.41. The Balaban J connectivity index is -0.0000000179. The lowest BCUT2D eigenvalue weighted by molar-refractivity contribution is 1.69. The van der Waals surface area contributed by atoms with Crippen molar-refractivity contribution >= 4 is 0 Å². The first kappa shape index (κ1) is 57.3. The van der Waals surface area contributed by atoms with Gasteiger partial charge in [0.2, 0.25) is 0 Å². The molecule has 0 bridgehead atoms. The van der Waals surface area contributed by atoms with Gasteiger partial charge in [-0.15, -0.1) is 11.8 Å². The van der Waals surface area contributed by atoms with Gasteiger partial charge in [0.05, 0.1) is 0 Å². The highest BCUT2D eigenvalue weighted by molar-refractivity contribution is 5.12. The Labute approximate surface area is 158 Å². The Morgan fingerprint density at radius 2 is 0.708 bits per heavy atom. The third-order valence-electron chi connectivity index (χ3n) is 1.28. The van der Waals surface area contributed by atoms with Gasteiger partial charge in [-0.2, -0.15) is 0 Å². The smallest absolute Gasteiger partial charge is 0.00235 e. The van der Waals surface area contributed by atoms with Crippen molar-refractivity contribution in [1.82, 2.24) is 0 Å². The van der Waals surface area contributed by atoms with Gasteiger partial charge in [-0.05, 0) is 53.7 Å². The van der Waals surface area contributed by atoms with E-state index in [9.17, 15) is 0 Å². The topological polar surface area (TPSA) is 0 Å². The third-order valence-corrected chi connectivity index (χ3v) is 1.28. The standard InChI is InChI=1S/C6H10.2C6H8.6CH4/c3*1-3-5-6-4-2;;;;;;/h3-6H,1-2H3;2*3,5H,1-2H3;6*1H4. The minimum atomic E-state index is 0. The molecule has 0 nitrogen and oxygen atoms in total. The molecule has 0 rings (SSSR count). The summed E-state index contributed by atoms with van der Waals surface area (Å²) in [6.45, 7) is 11.5. The average Bonchev–Trinajstić information content (AvgIpc) is 2.42. The molecular weight excluding hydrogens is 288 g/mol. The average molecular weight is 339 g/mol. The predicted molar refractivity (Wildman–Crippen MR) is 127 cm³/mol. The van der Waals surface area contributed by atoms with Crippen LogP contribution in [-0.2, 0) is 0 Å². The largest absolute Gasteiger partial charge is 0.102 e. The molecule has 0 aliphatic rings. The van der Waals surface area contributed by atoms with E-state index in [0.29, 0.717) is 0 Å². The van der Waals surface area contributed by atoms with Gasteiger partial charge >= 0.3 is 0 Å². The molecule has 146 valence electrons. The van der Waals surface area contributed by atoms with Crippen LogP contribution in [0.25, 0.3) is 0 Å². The first-order valence-corrected chi connectivity index (χ1v) is 6.05. The van der Waals surface area contributed by atoms with E-state index in [1.807, 2.05) is 90.2 Å². The van der Waals surface area contributed by atoms with Crippen LogP contribution in [0.1, 0.15) is 86.1 Å². The predicted octanol–water partition coefficient (Wildman–Crippen LogP) is 9.13. The summed E-state index contributed by atoms with van der Waals surface area (Å²) in [4.78, 5) is 0. The first-order valence-electron chi connectivity index (χ1n) is 6.05. The number of rotatable bonds is 1. The molecule has 0 aliphatic carbocycles. The van der Waals surface area contributed by atoms with Gasteiger partial charge in [0.1, 0.15) is 0 Å². The van der Waals surface area contributed by atoms with E-state index >= 15 is 0 Å². The third kappa shape index (κ3) is 146. The maximum absolute atomic E-state index is 2.77. The Morgan fingerprint density at radius 1 is 0.458 bits per heavy atom. The zero-order valence-electron chi connectivity index (χ0n) is 12.6. The summed E-state index contributed by atoms with van der Waals surface area (Å²) in [5, 5.41) is 0. The van der Waals surface area contributed by atoms with E-state index in [0.717, 1.165) is 0 Å². The van der Waals surface area contributed by atoms with Gasteiger partial charge in [0, 0.05) is 0 Å². The molecule has 0 heteroatoms. The first-order chi connectivity index (χ1) is 8.74. The number of hydrogen-bond donors (Lipinski definition) is 0. The molecule has 0 heterocycles. The van der Waals surface area contributed by atoms with Crippen LogP contribution in [0.4, 0.5) is 0 Å². The van der Waals surface area contributed by atoms with Crippen molar-refractivity contribution in [2.45, 2.75) is 86.1 Å². The molecule has 0 unspecified atom stereocenters. The molecule has 0 saturated heterocycles. The monoisotopic (exact) mass is 338 g/mol. The zero-order chi connectivity index (χ0) is 14.5. The highest BCUT2D eigenvalue weighted by Gasteiger charge is 1.49. The van der Waals surface area contributed by atoms with Crippen LogP contribution in [0.3, 0.4) is 0 Å². The molecule has 0 aromatic carbocycles. The van der Waals surface area contributed by atoms with Gasteiger partial charge in [-0.3, -0.25) is 0 Å². The van der Waals surface area contributed by atoms with Gasteiger partial charge in [0.15, 0.2) is 0 Å². The highest BCUT2D eigenvalue weighted by Crippen LogP contribution is 1.71. The molecule has 0 spiro atoms. The molecule has 0 radical (unpaired) electrons. The number of hydrogen-bond acceptors (Lipinski definition) is 0. The normalized spacial score (nSPS) is 6.75. The Kier molecular flexibility index (Phi) is 200. The van der Waals surface area contributed by atoms with E-state index in [1.54, 1.807) is 0 Å². The van der Waals surface area contributed by atoms with Crippen molar-refractivity contribution < 1.29 is 0 Å². The summed E-state index contributed by atoms with van der Waals surface area (Å²) in [5.41, 5.74) is 0. The van der Waals surface area contributed by atoms with Crippen molar-refractivity contribution in [3.8, 4) is 23.7 Å². The van der Waals surface area contributed by atoms with Gasteiger partial charge in [0.25, 0.3) is 0 Å². The number of allylic oxidation sites excluding steroid dienone is 8. The van der Waals surface area contributed by atoms with E-state index < -0.39 is 0 Å². The second-order valence-electron chi connectivity index (χ2n) is 2.84. The fourth-order valence-electron chi connectivity index (χ4n) is 0.556. The SMILES string of the molecule is C.C.C.C.C.C.CC#CC=CC.CC#CC=CC.CC=CC=CC. The molecule has 24 heavy (non-hydrogen) atoms. The maximum atomic E-state index is 2.77. The molecule has 0 atom stereocenters. The second kappa shape index (κ2) is 83.7. The fourth-order valence-corrected chi connectivity index (χ4v) is 0.556. The summed E-state index contributed by atoms with van der Waals surface area (Å²) < 4.78 is 0. The summed E-state index contributed by atoms with van der Waals surface area (Å²) in [6, 6.07) is 0. The van der Waals surface area contributed by atoms with Crippen molar-refractivity contribution in [2.24, 2.45) is 0 Å². The van der Waals surface area contributed by atoms with Crippen molar-refractivity contribution in [1.29, 1.82) is 0 Å². The van der Waals surface area contributed by atoms with Crippen LogP contribution in [0, 0.1) is 23.7 Å². The Hall–Kier alpha value is -1.92. The highest BCUT2D eigenvalue weighted by atomic mass is 13.6. The van der Waals surface area contributed by atoms with Crippen LogP contribution in [0.15, 0.2) is 48.6 Å². The molecule has 0 aromatic heterocycles. The maximum Gasteiger partial charge on any atom is -0.00235 e. The quantitative estimate of drug-likeness (QED) is 0.330. The van der Waals surface area contributed by atoms with Crippen molar-refractivity contribution in [3.05, 3.63) is 48.6 Å². The summed E-state index contributed by atoms with van der Waals surface area (Å²) >= 11 is 0. The van der Waals surface area contributed by atoms with Gasteiger partial charge < -0.3 is 0 Å². The lowest BCUT2D eigenvalue weighted by Gasteiger charge is -1.62. The van der Waals surface area contributed by atoms with Crippen molar-refractivity contribution in [3.63, 3.8) is 0 Å². The zero-order valence-corrected chi connectivity index (χ0v) is 12.6. The van der Waals surface area contributed by atoms with Crippen LogP contribution in [0.5, 0.6) is 0 Å². The molecule has 0 N–H and O–H groups in total. The molecule has 0 aliphatic heterocycles. The van der Waals surface area contributed by atoms with E-state index in [1.165, 1.54) is 0 Å². The van der Waals surface area contributed by atoms with Gasteiger partial charge in [-0.25, -0.2) is 0 Å². The van der Waals surface area contributed by atoms with Crippen LogP contribution < -0.4 is 0 Å². The Morgan fingerprint density at radius 3 is 0.792 bits per heavy atom. The van der Waals surface area contributed by atoms with E-state index in [2.05, 4.69) is 23.7 Å². The minimum Gasteiger partial charge on any atom is -0.102 e. The molecular formula is C24H50. The van der Waals surface area contributed by atoms with Crippen LogP contribution >= 0.6 is 0 Å². The van der Waals surface area contributed by atoms with E-state index in [-0.39, 0.29) is 44.6 Å². The van der Waals surface area contributed by atoms with E-state index in [4.69, 9.17) is 0 Å². The molecule has 0 amide bonds. The summed E-state index contributed by atoms with van der Waals surface area (Å²) in [6.07, 6.45) is 15.5. The van der Waals surface area contributed by atoms with Crippen LogP contribution in [0.2, 0.25) is 0 Å². The molecule has 0 aromatic rings. The minimum absolute atomic E-state index is 0. The molecule has 0 saturated carbocycles. The van der Waals surface area contributed by atoms with Crippen LogP contribution in [-0.4, -0.2) is 0 Å². The Bertz CT molecular complexity index is 316. The molecule has 0 fully saturated rings. The summed E-state index contributed by atoms with van der Waals surface area (Å²) in [7, 11) is 0. The second-order valence-corrected chi connectivity index (χ2v) is 2.84. The van der Waals surface area contributed by atoms with Crippen molar-refractivity contribution in [2.75, 3.05) is 0 Å². The fraction of sp³-hybridized carbons (Fsp3) is 0.500. The lowest BCUT2D eigenvalue weighted by atomic mass is 10.5. The summed E-state index contributed by atoms with van der Waals surface area (Å²) in [5.74, 6) is 11.0.